The number of rotatable bonds is 12. The minimum atomic E-state index is -0.364. The van der Waals surface area contributed by atoms with Crippen molar-refractivity contribution in [2.45, 2.75) is 25.9 Å². The molecule has 2 aliphatic rings. The van der Waals surface area contributed by atoms with Gasteiger partial charge in [-0.3, -0.25) is 19.9 Å². The van der Waals surface area contributed by atoms with Crippen LogP contribution in [0.15, 0.2) is 84.0 Å². The molecule has 1 atom stereocenters. The molecule has 0 aromatic heterocycles. The molecule has 0 bridgehead atoms. The average molecular weight is 570 g/mol. The number of methoxy groups -OCH3 is 1. The molecule has 2 amide bonds. The van der Waals surface area contributed by atoms with Crippen LogP contribution in [0, 0.1) is 0 Å². The van der Waals surface area contributed by atoms with Gasteiger partial charge in [-0.2, -0.15) is 0 Å². The third-order valence-electron chi connectivity index (χ3n) is 6.94. The lowest BCUT2D eigenvalue weighted by Gasteiger charge is -2.28. The summed E-state index contributed by atoms with van der Waals surface area (Å²) < 4.78 is 11.3. The zero-order chi connectivity index (χ0) is 28.6. The third kappa shape index (κ3) is 7.29. The van der Waals surface area contributed by atoms with Gasteiger partial charge in [0.05, 0.1) is 23.9 Å². The molecule has 2 heterocycles. The molecule has 9 heteroatoms. The highest BCUT2D eigenvalue weighted by atomic mass is 32.2. The standard InChI is InChI=1S/C32H33N4O4S/c1-22(37)36(19-24-7-3-6-10-30(24)39-2)20-26(17-25-18-34-29-9-5-4-8-28(25)29)35-31(38)21-40-27-13-11-23(12-14-27)32-33-15-16-41-32/h3-14,18,26H,15-17,19-21H2,1-2H3,(H,35,38). The Labute approximate surface area is 244 Å². The van der Waals surface area contributed by atoms with Crippen molar-refractivity contribution in [2.24, 2.45) is 4.99 Å². The van der Waals surface area contributed by atoms with E-state index >= 15 is 0 Å². The third-order valence-corrected chi connectivity index (χ3v) is 7.96. The van der Waals surface area contributed by atoms with Crippen LogP contribution in [-0.4, -0.2) is 60.4 Å². The number of nitrogens with zero attached hydrogens (tertiary/aromatic N) is 3. The van der Waals surface area contributed by atoms with E-state index < -0.39 is 0 Å². The highest BCUT2D eigenvalue weighted by molar-refractivity contribution is 8.14. The molecule has 0 fully saturated rings. The highest BCUT2D eigenvalue weighted by Gasteiger charge is 2.24. The van der Waals surface area contributed by atoms with Crippen LogP contribution in [0.25, 0.3) is 5.57 Å². The first-order chi connectivity index (χ1) is 20.0. The van der Waals surface area contributed by atoms with Crippen molar-refractivity contribution in [3.63, 3.8) is 0 Å². The molecule has 3 aromatic carbocycles. The topological polar surface area (TPSA) is 94.3 Å². The van der Waals surface area contributed by atoms with Crippen LogP contribution in [0.2, 0.25) is 0 Å². The zero-order valence-electron chi connectivity index (χ0n) is 23.2. The fourth-order valence-corrected chi connectivity index (χ4v) is 5.76. The van der Waals surface area contributed by atoms with E-state index in [1.165, 1.54) is 6.92 Å². The van der Waals surface area contributed by atoms with Gasteiger partial charge < -0.3 is 19.7 Å². The maximum atomic E-state index is 13.1. The highest BCUT2D eigenvalue weighted by Crippen LogP contribution is 2.33. The maximum absolute atomic E-state index is 13.1. The van der Waals surface area contributed by atoms with E-state index in [2.05, 4.69) is 15.6 Å². The molecular weight excluding hydrogens is 536 g/mol. The van der Waals surface area contributed by atoms with Crippen molar-refractivity contribution < 1.29 is 19.1 Å². The van der Waals surface area contributed by atoms with Gasteiger partial charge in [-0.1, -0.05) is 36.4 Å². The summed E-state index contributed by atoms with van der Waals surface area (Å²) in [7, 11) is 1.61. The summed E-state index contributed by atoms with van der Waals surface area (Å²) in [5.74, 6) is 1.97. The minimum Gasteiger partial charge on any atom is -0.496 e. The van der Waals surface area contributed by atoms with Crippen LogP contribution in [-0.2, 0) is 16.1 Å². The van der Waals surface area contributed by atoms with Crippen molar-refractivity contribution in [1.82, 2.24) is 15.5 Å². The van der Waals surface area contributed by atoms with E-state index in [1.807, 2.05) is 79.0 Å². The summed E-state index contributed by atoms with van der Waals surface area (Å²) in [6, 6.07) is 22.8. The number of thioether (sulfide) groups is 1. The van der Waals surface area contributed by atoms with E-state index in [0.717, 1.165) is 45.3 Å². The smallest absolute Gasteiger partial charge is 0.258 e. The van der Waals surface area contributed by atoms with Gasteiger partial charge in [0.25, 0.3) is 5.91 Å². The normalized spacial score (nSPS) is 14.3. The van der Waals surface area contributed by atoms with Crippen LogP contribution in [0.5, 0.6) is 11.5 Å². The number of nitrogens with one attached hydrogen (secondary N) is 1. The first-order valence-corrected chi connectivity index (χ1v) is 14.6. The SMILES string of the molecule is COc1ccccc1CN(CC(CC1=C[N]c2ccccc21)NC(=O)COc1ccc(C2=NCCS2)cc1)C(C)=O. The van der Waals surface area contributed by atoms with Crippen LogP contribution >= 0.6 is 11.8 Å². The molecule has 0 spiro atoms. The van der Waals surface area contributed by atoms with Crippen molar-refractivity contribution in [1.29, 1.82) is 0 Å². The lowest BCUT2D eigenvalue weighted by molar-refractivity contribution is -0.131. The fourth-order valence-electron chi connectivity index (χ4n) is 4.90. The van der Waals surface area contributed by atoms with Crippen LogP contribution < -0.4 is 20.1 Å². The molecule has 0 saturated heterocycles. The van der Waals surface area contributed by atoms with Gasteiger partial charge in [0.15, 0.2) is 6.61 Å². The van der Waals surface area contributed by atoms with Gasteiger partial charge >= 0.3 is 0 Å². The van der Waals surface area contributed by atoms with Gasteiger partial charge in [0.1, 0.15) is 11.5 Å². The summed E-state index contributed by atoms with van der Waals surface area (Å²) in [5, 5.41) is 8.67. The number of fused-ring (bicyclic) bond motifs is 1. The number of amides is 2. The number of aliphatic imine (C=N–C) groups is 1. The number of carbonyl (C=O) groups excluding carboxylic acids is 2. The number of carbonyl (C=O) groups is 2. The predicted molar refractivity (Wildman–Crippen MR) is 163 cm³/mol. The average Bonchev–Trinajstić information content (AvgIpc) is 3.67. The predicted octanol–water partition coefficient (Wildman–Crippen LogP) is 4.78. The van der Waals surface area contributed by atoms with Crippen molar-refractivity contribution >= 4 is 39.9 Å². The second kappa shape index (κ2) is 13.4. The Bertz CT molecular complexity index is 1450. The second-order valence-electron chi connectivity index (χ2n) is 9.83. The number of para-hydroxylation sites is 2. The Hall–Kier alpha value is -4.24. The molecule has 41 heavy (non-hydrogen) atoms. The van der Waals surface area contributed by atoms with Crippen LogP contribution in [0.4, 0.5) is 5.69 Å². The Kier molecular flexibility index (Phi) is 9.26. The van der Waals surface area contributed by atoms with E-state index in [9.17, 15) is 9.59 Å². The van der Waals surface area contributed by atoms with Crippen molar-refractivity contribution in [2.75, 3.05) is 32.6 Å². The van der Waals surface area contributed by atoms with Crippen LogP contribution in [0.1, 0.15) is 30.0 Å². The quantitative estimate of drug-likeness (QED) is 0.339. The van der Waals surface area contributed by atoms with E-state index in [0.29, 0.717) is 31.0 Å². The Morgan fingerprint density at radius 1 is 1.05 bits per heavy atom. The van der Waals surface area contributed by atoms with Crippen molar-refractivity contribution in [3.05, 3.63) is 95.7 Å². The zero-order valence-corrected chi connectivity index (χ0v) is 24.0. The lowest BCUT2D eigenvalue weighted by Crippen LogP contribution is -2.46. The summed E-state index contributed by atoms with van der Waals surface area (Å²) in [5.41, 5.74) is 4.89. The van der Waals surface area contributed by atoms with Gasteiger partial charge in [0.2, 0.25) is 5.91 Å². The summed E-state index contributed by atoms with van der Waals surface area (Å²) in [6.45, 7) is 2.91. The molecule has 1 radical (unpaired) electrons. The summed E-state index contributed by atoms with van der Waals surface area (Å²) >= 11 is 1.74. The summed E-state index contributed by atoms with van der Waals surface area (Å²) in [6.07, 6.45) is 2.35. The number of ether oxygens (including phenoxy) is 2. The molecule has 0 saturated carbocycles. The molecule has 0 aliphatic carbocycles. The van der Waals surface area contributed by atoms with Gasteiger partial charge in [-0.25, -0.2) is 0 Å². The lowest BCUT2D eigenvalue weighted by atomic mass is 9.99. The summed E-state index contributed by atoms with van der Waals surface area (Å²) in [4.78, 5) is 32.1. The first-order valence-electron chi connectivity index (χ1n) is 13.6. The fraction of sp³-hybridized carbons (Fsp3) is 0.281. The molecule has 1 unspecified atom stereocenters. The second-order valence-corrected chi connectivity index (χ2v) is 10.9. The van der Waals surface area contributed by atoms with Crippen molar-refractivity contribution in [3.8, 4) is 11.5 Å². The molecule has 5 rings (SSSR count). The molecule has 2 aliphatic heterocycles. The molecule has 1 N–H and O–H groups in total. The number of hydrogen-bond donors (Lipinski definition) is 1. The van der Waals surface area contributed by atoms with Gasteiger partial charge in [0, 0.05) is 55.2 Å². The monoisotopic (exact) mass is 569 g/mol. The molecule has 8 nitrogen and oxygen atoms in total. The van der Waals surface area contributed by atoms with Gasteiger partial charge in [-0.15, -0.1) is 11.8 Å². The Morgan fingerprint density at radius 2 is 1.83 bits per heavy atom. The largest absolute Gasteiger partial charge is 0.496 e. The maximum Gasteiger partial charge on any atom is 0.258 e. The number of benzene rings is 3. The Morgan fingerprint density at radius 3 is 2.59 bits per heavy atom. The molecule has 211 valence electrons. The van der Waals surface area contributed by atoms with Crippen LogP contribution in [0.3, 0.4) is 0 Å². The minimum absolute atomic E-state index is 0.0954. The Balaban J connectivity index is 1.27. The van der Waals surface area contributed by atoms with E-state index in [-0.39, 0.29) is 24.5 Å². The van der Waals surface area contributed by atoms with Gasteiger partial charge in [-0.05, 0) is 48.4 Å². The van der Waals surface area contributed by atoms with E-state index in [4.69, 9.17) is 9.47 Å². The first kappa shape index (κ1) is 28.3. The van der Waals surface area contributed by atoms with E-state index in [1.54, 1.807) is 23.8 Å². The number of hydrogen-bond acceptors (Lipinski definition) is 6. The molecular formula is C32H33N4O4S. The molecule has 3 aromatic rings.